The number of carbonyl (C=O) groups is 1. The van der Waals surface area contributed by atoms with Crippen LogP contribution in [0.4, 0.5) is 11.5 Å². The van der Waals surface area contributed by atoms with Gasteiger partial charge >= 0.3 is 0 Å². The van der Waals surface area contributed by atoms with Gasteiger partial charge in [0.05, 0.1) is 19.7 Å². The summed E-state index contributed by atoms with van der Waals surface area (Å²) >= 11 is 1.42. The highest BCUT2D eigenvalue weighted by molar-refractivity contribution is 7.16. The van der Waals surface area contributed by atoms with Crippen LogP contribution in [-0.2, 0) is 13.5 Å². The average molecular weight is 543 g/mol. The van der Waals surface area contributed by atoms with Crippen molar-refractivity contribution in [2.45, 2.75) is 6.42 Å². The van der Waals surface area contributed by atoms with Crippen molar-refractivity contribution in [1.29, 1.82) is 0 Å². The molecule has 0 atom stereocenters. The summed E-state index contributed by atoms with van der Waals surface area (Å²) in [7, 11) is 4.87. The van der Waals surface area contributed by atoms with Crippen LogP contribution in [0.25, 0.3) is 21.7 Å². The van der Waals surface area contributed by atoms with E-state index in [1.807, 2.05) is 36.4 Å². The molecular formula is C28H26N6O4S. The number of carbonyl (C=O) groups excluding carboxylic acids is 1. The van der Waals surface area contributed by atoms with E-state index in [0.717, 1.165) is 21.6 Å². The van der Waals surface area contributed by atoms with Crippen molar-refractivity contribution in [2.75, 3.05) is 26.1 Å². The van der Waals surface area contributed by atoms with Crippen LogP contribution in [0, 0.1) is 0 Å². The van der Waals surface area contributed by atoms with Crippen molar-refractivity contribution < 1.29 is 14.3 Å². The third kappa shape index (κ3) is 5.73. The van der Waals surface area contributed by atoms with Gasteiger partial charge in [0.2, 0.25) is 0 Å². The Labute approximate surface area is 228 Å². The summed E-state index contributed by atoms with van der Waals surface area (Å²) < 4.78 is 12.2. The summed E-state index contributed by atoms with van der Waals surface area (Å²) in [5.41, 5.74) is 5.23. The number of anilines is 2. The number of pyridine rings is 1. The van der Waals surface area contributed by atoms with E-state index in [4.69, 9.17) is 14.5 Å². The first kappa shape index (κ1) is 25.9. The first-order chi connectivity index (χ1) is 18.9. The van der Waals surface area contributed by atoms with Gasteiger partial charge in [-0.2, -0.15) is 0 Å². The summed E-state index contributed by atoms with van der Waals surface area (Å²) in [5, 5.41) is 6.22. The lowest BCUT2D eigenvalue weighted by Gasteiger charge is -2.12. The predicted molar refractivity (Wildman–Crippen MR) is 151 cm³/mol. The van der Waals surface area contributed by atoms with E-state index in [1.165, 1.54) is 15.9 Å². The number of hydrogen-bond acceptors (Lipinski definition) is 9. The van der Waals surface area contributed by atoms with Gasteiger partial charge in [0.15, 0.2) is 23.1 Å². The predicted octanol–water partition coefficient (Wildman–Crippen LogP) is 4.19. The highest BCUT2D eigenvalue weighted by Crippen LogP contribution is 2.33. The number of methoxy groups -OCH3 is 2. The molecule has 0 aliphatic heterocycles. The van der Waals surface area contributed by atoms with Gasteiger partial charge in [-0.15, -0.1) is 11.3 Å². The zero-order valence-electron chi connectivity index (χ0n) is 21.6. The Morgan fingerprint density at radius 1 is 1.00 bits per heavy atom. The lowest BCUT2D eigenvalue weighted by molar-refractivity contribution is 0.0954. The Kier molecular flexibility index (Phi) is 7.50. The van der Waals surface area contributed by atoms with Gasteiger partial charge in [0.1, 0.15) is 10.3 Å². The monoisotopic (exact) mass is 542 g/mol. The average Bonchev–Trinajstić information content (AvgIpc) is 3.44. The lowest BCUT2D eigenvalue weighted by Crippen LogP contribution is -2.26. The molecule has 0 saturated heterocycles. The second kappa shape index (κ2) is 11.3. The highest BCUT2D eigenvalue weighted by Gasteiger charge is 2.14. The second-order valence-corrected chi connectivity index (χ2v) is 9.50. The van der Waals surface area contributed by atoms with E-state index >= 15 is 0 Å². The van der Waals surface area contributed by atoms with Crippen LogP contribution < -0.4 is 25.7 Å². The molecule has 0 radical (unpaired) electrons. The number of aryl methyl sites for hydroxylation is 1. The van der Waals surface area contributed by atoms with Crippen LogP contribution in [0.15, 0.2) is 71.1 Å². The molecule has 3 aromatic heterocycles. The summed E-state index contributed by atoms with van der Waals surface area (Å²) in [6.45, 7) is 0.421. The molecule has 0 bridgehead atoms. The van der Waals surface area contributed by atoms with Crippen molar-refractivity contribution in [3.8, 4) is 22.9 Å². The fraction of sp³-hybridized carbons (Fsp3) is 0.179. The lowest BCUT2D eigenvalue weighted by atomic mass is 10.1. The zero-order chi connectivity index (χ0) is 27.4. The number of ether oxygens (including phenoxy) is 2. The molecule has 10 nitrogen and oxygen atoms in total. The minimum absolute atomic E-state index is 0.0739. The molecule has 0 aliphatic rings. The molecule has 5 rings (SSSR count). The molecule has 3 heterocycles. The Balaban J connectivity index is 1.31. The van der Waals surface area contributed by atoms with Gasteiger partial charge in [0.25, 0.3) is 11.5 Å². The molecule has 2 N–H and O–H groups in total. The Bertz CT molecular complexity index is 1700. The number of hydrogen-bond donors (Lipinski definition) is 2. The SMILES string of the molecule is COc1ccc(Nc2nc(-c3ccc(C(=O)NCCc4ccn(C)c(=O)c4)cc3)nc3scnc23)cc1OC. The maximum atomic E-state index is 12.7. The molecular weight excluding hydrogens is 516 g/mol. The van der Waals surface area contributed by atoms with Crippen molar-refractivity contribution >= 4 is 39.1 Å². The van der Waals surface area contributed by atoms with Crippen LogP contribution in [0.1, 0.15) is 15.9 Å². The number of nitrogens with one attached hydrogen (secondary N) is 2. The topological polar surface area (TPSA) is 120 Å². The molecule has 0 unspecified atom stereocenters. The zero-order valence-corrected chi connectivity index (χ0v) is 22.4. The smallest absolute Gasteiger partial charge is 0.251 e. The molecule has 0 saturated carbocycles. The number of aromatic nitrogens is 4. The van der Waals surface area contributed by atoms with Crippen LogP contribution >= 0.6 is 11.3 Å². The van der Waals surface area contributed by atoms with E-state index in [1.54, 1.807) is 51.2 Å². The number of thiazole rings is 1. The summed E-state index contributed by atoms with van der Waals surface area (Å²) in [5.74, 6) is 2.08. The molecule has 0 spiro atoms. The maximum Gasteiger partial charge on any atom is 0.251 e. The third-order valence-electron chi connectivity index (χ3n) is 6.12. The van der Waals surface area contributed by atoms with E-state index in [-0.39, 0.29) is 11.5 Å². The molecule has 11 heteroatoms. The number of fused-ring (bicyclic) bond motifs is 1. The van der Waals surface area contributed by atoms with E-state index < -0.39 is 0 Å². The maximum absolute atomic E-state index is 12.7. The van der Waals surface area contributed by atoms with Crippen LogP contribution in [0.2, 0.25) is 0 Å². The van der Waals surface area contributed by atoms with Crippen LogP contribution in [0.3, 0.4) is 0 Å². The van der Waals surface area contributed by atoms with Gasteiger partial charge in [-0.3, -0.25) is 9.59 Å². The largest absolute Gasteiger partial charge is 0.493 e. The number of rotatable bonds is 9. The van der Waals surface area contributed by atoms with Crippen LogP contribution in [-0.4, -0.2) is 46.2 Å². The molecule has 0 aliphatic carbocycles. The van der Waals surface area contributed by atoms with Crippen LogP contribution in [0.5, 0.6) is 11.5 Å². The second-order valence-electron chi connectivity index (χ2n) is 8.66. The Hall–Kier alpha value is -4.77. The molecule has 39 heavy (non-hydrogen) atoms. The number of nitrogens with zero attached hydrogens (tertiary/aromatic N) is 4. The summed E-state index contributed by atoms with van der Waals surface area (Å²) in [6.07, 6.45) is 2.29. The van der Waals surface area contributed by atoms with Gasteiger partial charge in [-0.05, 0) is 42.3 Å². The first-order valence-electron chi connectivity index (χ1n) is 12.1. The van der Waals surface area contributed by atoms with E-state index in [0.29, 0.717) is 47.2 Å². The Morgan fingerprint density at radius 3 is 2.54 bits per heavy atom. The first-order valence-corrected chi connectivity index (χ1v) is 13.0. The van der Waals surface area contributed by atoms with Gasteiger partial charge in [0, 0.05) is 48.7 Å². The highest BCUT2D eigenvalue weighted by atomic mass is 32.1. The van der Waals surface area contributed by atoms with Gasteiger partial charge in [-0.1, -0.05) is 12.1 Å². The van der Waals surface area contributed by atoms with Crippen molar-refractivity contribution in [2.24, 2.45) is 7.05 Å². The molecule has 5 aromatic rings. The van der Waals surface area contributed by atoms with Crippen molar-refractivity contribution in [3.05, 3.63) is 87.8 Å². The summed E-state index contributed by atoms with van der Waals surface area (Å²) in [4.78, 5) is 39.0. The van der Waals surface area contributed by atoms with E-state index in [9.17, 15) is 9.59 Å². The molecule has 1 amide bonds. The quantitative estimate of drug-likeness (QED) is 0.285. The third-order valence-corrected chi connectivity index (χ3v) is 6.84. The normalized spacial score (nSPS) is 10.8. The Morgan fingerprint density at radius 2 is 1.79 bits per heavy atom. The minimum atomic E-state index is -0.194. The molecule has 2 aromatic carbocycles. The number of benzene rings is 2. The molecule has 198 valence electrons. The minimum Gasteiger partial charge on any atom is -0.493 e. The fourth-order valence-corrected chi connectivity index (χ4v) is 4.63. The van der Waals surface area contributed by atoms with Crippen molar-refractivity contribution in [1.82, 2.24) is 24.8 Å². The fourth-order valence-electron chi connectivity index (χ4n) is 3.97. The van der Waals surface area contributed by atoms with Gasteiger partial charge in [-0.25, -0.2) is 15.0 Å². The summed E-state index contributed by atoms with van der Waals surface area (Å²) in [6, 6.07) is 16.1. The van der Waals surface area contributed by atoms with Crippen molar-refractivity contribution in [3.63, 3.8) is 0 Å². The standard InChI is InChI=1S/C28H26N6O4S/c1-34-13-11-17(14-23(34)35)10-12-29-27(36)19-6-4-18(5-7-19)25-32-26(24-28(33-25)39-16-30-24)31-20-8-9-21(37-2)22(15-20)38-3/h4-9,11,13-16H,10,12H2,1-3H3,(H,29,36)(H,31,32,33). The molecule has 0 fully saturated rings. The van der Waals surface area contributed by atoms with Gasteiger partial charge < -0.3 is 24.7 Å². The van der Waals surface area contributed by atoms with E-state index in [2.05, 4.69) is 20.6 Å². The number of amides is 1.